The molecule has 17 heavy (non-hydrogen) atoms. The largest absolute Gasteiger partial charge is 0.369 e. The number of Topliss-reactive ketones (excluding diaryl/α,β-unsaturated/α-hetero) is 1. The van der Waals surface area contributed by atoms with Crippen LogP contribution in [0.1, 0.15) is 31.4 Å². The van der Waals surface area contributed by atoms with Gasteiger partial charge in [-0.3, -0.25) is 4.79 Å². The lowest BCUT2D eigenvalue weighted by molar-refractivity contribution is -0.129. The van der Waals surface area contributed by atoms with Crippen molar-refractivity contribution in [1.82, 2.24) is 0 Å². The molecule has 0 saturated heterocycles. The summed E-state index contributed by atoms with van der Waals surface area (Å²) >= 11 is 0. The van der Waals surface area contributed by atoms with E-state index in [1.807, 2.05) is 0 Å². The van der Waals surface area contributed by atoms with Crippen LogP contribution >= 0.6 is 0 Å². The minimum Gasteiger partial charge on any atom is -0.369 e. The van der Waals surface area contributed by atoms with Crippen molar-refractivity contribution in [2.24, 2.45) is 0 Å². The summed E-state index contributed by atoms with van der Waals surface area (Å²) in [6.07, 6.45) is -0.219. The predicted molar refractivity (Wildman–Crippen MR) is 56.0 cm³/mol. The van der Waals surface area contributed by atoms with Crippen LogP contribution in [0.4, 0.5) is 13.2 Å². The van der Waals surface area contributed by atoms with Crippen molar-refractivity contribution in [3.63, 3.8) is 0 Å². The van der Waals surface area contributed by atoms with Crippen LogP contribution in [-0.2, 0) is 9.53 Å². The zero-order valence-electron chi connectivity index (χ0n) is 9.60. The Bertz CT molecular complexity index is 395. The van der Waals surface area contributed by atoms with Gasteiger partial charge < -0.3 is 4.74 Å². The third-order valence-electron chi connectivity index (χ3n) is 2.33. The van der Waals surface area contributed by atoms with Crippen LogP contribution in [0.5, 0.6) is 0 Å². The SMILES string of the molecule is CCCC(=O)C(OC)c1cc(F)c(F)c(F)c1. The molecule has 0 N–H and O–H groups in total. The average molecular weight is 246 g/mol. The van der Waals surface area contributed by atoms with E-state index in [2.05, 4.69) is 0 Å². The summed E-state index contributed by atoms with van der Waals surface area (Å²) < 4.78 is 43.7. The highest BCUT2D eigenvalue weighted by Crippen LogP contribution is 2.23. The van der Waals surface area contributed by atoms with Gasteiger partial charge in [0, 0.05) is 13.5 Å². The molecule has 0 amide bonds. The van der Waals surface area contributed by atoms with Crippen molar-refractivity contribution in [2.45, 2.75) is 25.9 Å². The van der Waals surface area contributed by atoms with Gasteiger partial charge in [-0.25, -0.2) is 13.2 Å². The topological polar surface area (TPSA) is 26.3 Å². The van der Waals surface area contributed by atoms with Gasteiger partial charge in [-0.05, 0) is 24.1 Å². The fourth-order valence-corrected chi connectivity index (χ4v) is 1.56. The lowest BCUT2D eigenvalue weighted by Crippen LogP contribution is -2.15. The molecule has 0 aliphatic heterocycles. The molecule has 0 heterocycles. The summed E-state index contributed by atoms with van der Waals surface area (Å²) in [5, 5.41) is 0. The molecule has 0 aromatic heterocycles. The van der Waals surface area contributed by atoms with Crippen LogP contribution in [-0.4, -0.2) is 12.9 Å². The summed E-state index contributed by atoms with van der Waals surface area (Å²) in [7, 11) is 1.26. The van der Waals surface area contributed by atoms with Crippen LogP contribution in [0.25, 0.3) is 0 Å². The molecule has 1 aromatic carbocycles. The van der Waals surface area contributed by atoms with Crippen molar-refractivity contribution in [2.75, 3.05) is 7.11 Å². The van der Waals surface area contributed by atoms with E-state index in [0.717, 1.165) is 12.1 Å². The zero-order chi connectivity index (χ0) is 13.0. The maximum absolute atomic E-state index is 13.0. The van der Waals surface area contributed by atoms with Gasteiger partial charge in [-0.1, -0.05) is 6.92 Å². The maximum Gasteiger partial charge on any atom is 0.194 e. The summed E-state index contributed by atoms with van der Waals surface area (Å²) in [5.74, 6) is -4.50. The molecule has 0 spiro atoms. The van der Waals surface area contributed by atoms with Gasteiger partial charge >= 0.3 is 0 Å². The molecule has 1 unspecified atom stereocenters. The summed E-state index contributed by atoms with van der Waals surface area (Å²) in [4.78, 5) is 11.6. The first-order valence-electron chi connectivity index (χ1n) is 5.21. The van der Waals surface area contributed by atoms with Crippen molar-refractivity contribution in [3.05, 3.63) is 35.1 Å². The Morgan fingerprint density at radius 2 is 1.82 bits per heavy atom. The lowest BCUT2D eigenvalue weighted by Gasteiger charge is -2.14. The number of rotatable bonds is 5. The second-order valence-electron chi connectivity index (χ2n) is 3.63. The molecule has 2 nitrogen and oxygen atoms in total. The van der Waals surface area contributed by atoms with Crippen LogP contribution < -0.4 is 0 Å². The minimum atomic E-state index is -1.55. The Hall–Kier alpha value is -1.36. The van der Waals surface area contributed by atoms with Crippen LogP contribution in [0.15, 0.2) is 12.1 Å². The number of hydrogen-bond acceptors (Lipinski definition) is 2. The molecule has 0 saturated carbocycles. The number of halogens is 3. The van der Waals surface area contributed by atoms with Gasteiger partial charge in [0.05, 0.1) is 0 Å². The Morgan fingerprint density at radius 3 is 2.24 bits per heavy atom. The molecular weight excluding hydrogens is 233 g/mol. The lowest BCUT2D eigenvalue weighted by atomic mass is 10.0. The van der Waals surface area contributed by atoms with E-state index in [4.69, 9.17) is 4.74 Å². The highest BCUT2D eigenvalue weighted by molar-refractivity contribution is 5.84. The number of ether oxygens (including phenoxy) is 1. The van der Waals surface area contributed by atoms with Crippen molar-refractivity contribution < 1.29 is 22.7 Å². The number of benzene rings is 1. The molecule has 1 atom stereocenters. The van der Waals surface area contributed by atoms with E-state index in [0.29, 0.717) is 6.42 Å². The third kappa shape index (κ3) is 3.06. The average Bonchev–Trinajstić information content (AvgIpc) is 2.27. The van der Waals surface area contributed by atoms with E-state index < -0.39 is 23.6 Å². The number of hydrogen-bond donors (Lipinski definition) is 0. The number of carbonyl (C=O) groups excluding carboxylic acids is 1. The molecule has 0 bridgehead atoms. The molecule has 0 radical (unpaired) electrons. The van der Waals surface area contributed by atoms with Crippen LogP contribution in [0, 0.1) is 17.5 Å². The van der Waals surface area contributed by atoms with Gasteiger partial charge in [0.25, 0.3) is 0 Å². The monoisotopic (exact) mass is 246 g/mol. The van der Waals surface area contributed by atoms with Crippen molar-refractivity contribution in [1.29, 1.82) is 0 Å². The summed E-state index contributed by atoms with van der Waals surface area (Å²) in [5.41, 5.74) is -0.0117. The molecular formula is C12H13F3O2. The zero-order valence-corrected chi connectivity index (χ0v) is 9.60. The van der Waals surface area contributed by atoms with E-state index in [9.17, 15) is 18.0 Å². The van der Waals surface area contributed by atoms with Crippen LogP contribution in [0.2, 0.25) is 0 Å². The summed E-state index contributed by atoms with van der Waals surface area (Å²) in [6, 6.07) is 1.56. The van der Waals surface area contributed by atoms with Gasteiger partial charge in [0.15, 0.2) is 23.2 Å². The quantitative estimate of drug-likeness (QED) is 0.746. The van der Waals surface area contributed by atoms with Gasteiger partial charge in [-0.2, -0.15) is 0 Å². The summed E-state index contributed by atoms with van der Waals surface area (Å²) in [6.45, 7) is 1.80. The van der Waals surface area contributed by atoms with Gasteiger partial charge in [0.2, 0.25) is 0 Å². The first-order chi connectivity index (χ1) is 8.01. The molecule has 1 rings (SSSR count). The van der Waals surface area contributed by atoms with E-state index in [-0.39, 0.29) is 17.8 Å². The Balaban J connectivity index is 3.08. The molecule has 5 heteroatoms. The van der Waals surface area contributed by atoms with Gasteiger partial charge in [-0.15, -0.1) is 0 Å². The second-order valence-corrected chi connectivity index (χ2v) is 3.63. The molecule has 0 aliphatic rings. The van der Waals surface area contributed by atoms with Gasteiger partial charge in [0.1, 0.15) is 6.10 Å². The number of methoxy groups -OCH3 is 1. The van der Waals surface area contributed by atoms with E-state index in [1.165, 1.54) is 7.11 Å². The first-order valence-corrected chi connectivity index (χ1v) is 5.21. The predicted octanol–water partition coefficient (Wildman–Crippen LogP) is 3.16. The minimum absolute atomic E-state index is 0.0117. The fourth-order valence-electron chi connectivity index (χ4n) is 1.56. The normalized spacial score (nSPS) is 12.5. The third-order valence-corrected chi connectivity index (χ3v) is 2.33. The molecule has 1 aromatic rings. The molecule has 0 aliphatic carbocycles. The van der Waals surface area contributed by atoms with Crippen molar-refractivity contribution in [3.8, 4) is 0 Å². The number of ketones is 1. The second kappa shape index (κ2) is 5.82. The van der Waals surface area contributed by atoms with E-state index >= 15 is 0 Å². The smallest absolute Gasteiger partial charge is 0.194 e. The Morgan fingerprint density at radius 1 is 1.29 bits per heavy atom. The number of carbonyl (C=O) groups is 1. The first kappa shape index (κ1) is 13.7. The van der Waals surface area contributed by atoms with Crippen molar-refractivity contribution >= 4 is 5.78 Å². The van der Waals surface area contributed by atoms with Crippen LogP contribution in [0.3, 0.4) is 0 Å². The molecule has 0 fully saturated rings. The standard InChI is InChI=1S/C12H13F3O2/c1-3-4-10(16)12(17-2)7-5-8(13)11(15)9(14)6-7/h5-6,12H,3-4H2,1-2H3. The Kier molecular flexibility index (Phi) is 4.69. The fraction of sp³-hybridized carbons (Fsp3) is 0.417. The van der Waals surface area contributed by atoms with E-state index in [1.54, 1.807) is 6.92 Å². The maximum atomic E-state index is 13.0. The highest BCUT2D eigenvalue weighted by Gasteiger charge is 2.22. The molecule has 94 valence electrons. The highest BCUT2D eigenvalue weighted by atomic mass is 19.2. The Labute approximate surface area is 97.4 Å².